The van der Waals surface area contributed by atoms with Crippen LogP contribution in [0.1, 0.15) is 42.6 Å². The number of carbonyl (C=O) groups excluding carboxylic acids is 1. The topological polar surface area (TPSA) is 70.7 Å². The molecule has 0 spiro atoms. The van der Waals surface area contributed by atoms with Gasteiger partial charge in [0.15, 0.2) is 0 Å². The fraction of sp³-hybridized carbons (Fsp3) is 0.400. The van der Waals surface area contributed by atoms with Crippen LogP contribution in [0, 0.1) is 6.92 Å². The Morgan fingerprint density at radius 2 is 2.25 bits per heavy atom. The maximum Gasteiger partial charge on any atom is 0.220 e. The number of aromatic amines is 1. The van der Waals surface area contributed by atoms with Gasteiger partial charge in [-0.1, -0.05) is 13.0 Å². The summed E-state index contributed by atoms with van der Waals surface area (Å²) in [5.41, 5.74) is 3.08. The summed E-state index contributed by atoms with van der Waals surface area (Å²) in [4.78, 5) is 16.4. The molecule has 1 amide bonds. The summed E-state index contributed by atoms with van der Waals surface area (Å²) >= 11 is 0. The fourth-order valence-electron chi connectivity index (χ4n) is 2.01. The van der Waals surface area contributed by atoms with Crippen molar-refractivity contribution in [3.63, 3.8) is 0 Å². The number of hydrogen-bond acceptors (Lipinski definition) is 3. The van der Waals surface area contributed by atoms with Gasteiger partial charge in [0.1, 0.15) is 0 Å². The number of H-pyrrole nitrogens is 1. The average Bonchev–Trinajstić information content (AvgIpc) is 2.97. The monoisotopic (exact) mass is 272 g/mol. The van der Waals surface area contributed by atoms with E-state index in [1.54, 1.807) is 6.20 Å². The normalized spacial score (nSPS) is 12.1. The minimum Gasteiger partial charge on any atom is -0.348 e. The van der Waals surface area contributed by atoms with E-state index in [1.807, 2.05) is 38.4 Å². The predicted octanol–water partition coefficient (Wildman–Crippen LogP) is 2.31. The van der Waals surface area contributed by atoms with Gasteiger partial charge in [-0.25, -0.2) is 0 Å². The van der Waals surface area contributed by atoms with Crippen molar-refractivity contribution in [2.24, 2.45) is 0 Å². The molecule has 20 heavy (non-hydrogen) atoms. The molecule has 2 N–H and O–H groups in total. The first-order valence-corrected chi connectivity index (χ1v) is 6.88. The Balaban J connectivity index is 1.89. The zero-order chi connectivity index (χ0) is 14.4. The summed E-state index contributed by atoms with van der Waals surface area (Å²) in [6.07, 6.45) is 7.36. The van der Waals surface area contributed by atoms with Gasteiger partial charge in [0.25, 0.3) is 0 Å². The lowest BCUT2D eigenvalue weighted by Gasteiger charge is -2.16. The van der Waals surface area contributed by atoms with Crippen LogP contribution in [0.15, 0.2) is 30.7 Å². The third kappa shape index (κ3) is 3.91. The van der Waals surface area contributed by atoms with Crippen LogP contribution in [-0.2, 0) is 11.2 Å². The van der Waals surface area contributed by atoms with Gasteiger partial charge in [0.05, 0.1) is 17.9 Å². The van der Waals surface area contributed by atoms with E-state index >= 15 is 0 Å². The minimum absolute atomic E-state index is 0.0209. The molecule has 2 aromatic heterocycles. The molecule has 5 heteroatoms. The molecule has 0 saturated heterocycles. The predicted molar refractivity (Wildman–Crippen MR) is 77.1 cm³/mol. The quantitative estimate of drug-likeness (QED) is 0.847. The maximum absolute atomic E-state index is 12.0. The summed E-state index contributed by atoms with van der Waals surface area (Å²) < 4.78 is 0. The van der Waals surface area contributed by atoms with Crippen molar-refractivity contribution in [2.45, 2.75) is 39.2 Å². The minimum atomic E-state index is -0.0209. The molecular formula is C15H20N4O. The van der Waals surface area contributed by atoms with E-state index in [9.17, 15) is 4.79 Å². The first kappa shape index (κ1) is 14.2. The molecule has 5 nitrogen and oxygen atoms in total. The summed E-state index contributed by atoms with van der Waals surface area (Å²) in [6, 6.07) is 3.97. The average molecular weight is 272 g/mol. The first-order valence-electron chi connectivity index (χ1n) is 6.88. The first-order chi connectivity index (χ1) is 9.69. The van der Waals surface area contributed by atoms with Crippen molar-refractivity contribution in [1.82, 2.24) is 20.5 Å². The van der Waals surface area contributed by atoms with Crippen LogP contribution < -0.4 is 5.32 Å². The van der Waals surface area contributed by atoms with E-state index in [-0.39, 0.29) is 11.9 Å². The molecule has 1 unspecified atom stereocenters. The van der Waals surface area contributed by atoms with Gasteiger partial charge in [-0.3, -0.25) is 14.9 Å². The molecule has 0 aromatic carbocycles. The number of aryl methyl sites for hydroxylation is 2. The molecule has 106 valence electrons. The Bertz CT molecular complexity index is 534. The number of hydrogen-bond donors (Lipinski definition) is 2. The molecule has 0 radical (unpaired) electrons. The summed E-state index contributed by atoms with van der Waals surface area (Å²) in [5, 5.41) is 9.64. The van der Waals surface area contributed by atoms with Gasteiger partial charge in [-0.05, 0) is 37.0 Å². The molecule has 0 aliphatic carbocycles. The van der Waals surface area contributed by atoms with Crippen molar-refractivity contribution >= 4 is 5.91 Å². The lowest BCUT2D eigenvalue weighted by atomic mass is 10.1. The smallest absolute Gasteiger partial charge is 0.220 e. The van der Waals surface area contributed by atoms with Crippen molar-refractivity contribution in [3.05, 3.63) is 47.5 Å². The second kappa shape index (κ2) is 6.84. The van der Waals surface area contributed by atoms with Crippen molar-refractivity contribution < 1.29 is 4.79 Å². The summed E-state index contributed by atoms with van der Waals surface area (Å²) in [7, 11) is 0. The lowest BCUT2D eigenvalue weighted by molar-refractivity contribution is -0.121. The highest BCUT2D eigenvalue weighted by atomic mass is 16.1. The SMILES string of the molecule is CCC(NC(=O)CCc1cn[nH]c1)c1ccc(C)cn1. The van der Waals surface area contributed by atoms with Gasteiger partial charge < -0.3 is 5.32 Å². The van der Waals surface area contributed by atoms with Gasteiger partial charge in [-0.15, -0.1) is 0 Å². The van der Waals surface area contributed by atoms with E-state index in [4.69, 9.17) is 0 Å². The number of aromatic nitrogens is 3. The Labute approximate surface area is 118 Å². The lowest BCUT2D eigenvalue weighted by Crippen LogP contribution is -2.28. The third-order valence-corrected chi connectivity index (χ3v) is 3.23. The summed E-state index contributed by atoms with van der Waals surface area (Å²) in [5.74, 6) is 0.0421. The Morgan fingerprint density at radius 3 is 2.85 bits per heavy atom. The van der Waals surface area contributed by atoms with Crippen LogP contribution >= 0.6 is 0 Å². The molecule has 2 rings (SSSR count). The largest absolute Gasteiger partial charge is 0.348 e. The number of rotatable bonds is 6. The van der Waals surface area contributed by atoms with E-state index in [0.29, 0.717) is 12.8 Å². The summed E-state index contributed by atoms with van der Waals surface area (Å²) in [6.45, 7) is 4.05. The van der Waals surface area contributed by atoms with Crippen LogP contribution in [0.4, 0.5) is 0 Å². The van der Waals surface area contributed by atoms with Gasteiger partial charge >= 0.3 is 0 Å². The number of amides is 1. The molecule has 0 fully saturated rings. The molecule has 0 saturated carbocycles. The van der Waals surface area contributed by atoms with Crippen molar-refractivity contribution in [3.8, 4) is 0 Å². The number of pyridine rings is 1. The number of nitrogens with zero attached hydrogens (tertiary/aromatic N) is 2. The molecule has 0 aliphatic rings. The highest BCUT2D eigenvalue weighted by molar-refractivity contribution is 5.76. The van der Waals surface area contributed by atoms with Crippen molar-refractivity contribution in [2.75, 3.05) is 0 Å². The zero-order valence-electron chi connectivity index (χ0n) is 11.9. The van der Waals surface area contributed by atoms with Crippen LogP contribution in [0.25, 0.3) is 0 Å². The number of carbonyl (C=O) groups is 1. The van der Waals surface area contributed by atoms with E-state index in [0.717, 1.165) is 23.2 Å². The molecule has 0 aliphatic heterocycles. The van der Waals surface area contributed by atoms with Gasteiger partial charge in [0, 0.05) is 18.8 Å². The van der Waals surface area contributed by atoms with E-state index in [2.05, 4.69) is 20.5 Å². The zero-order valence-corrected chi connectivity index (χ0v) is 11.9. The van der Waals surface area contributed by atoms with Crippen LogP contribution in [-0.4, -0.2) is 21.1 Å². The molecule has 2 heterocycles. The second-order valence-electron chi connectivity index (χ2n) is 4.90. The number of nitrogens with one attached hydrogen (secondary N) is 2. The Morgan fingerprint density at radius 1 is 1.40 bits per heavy atom. The third-order valence-electron chi connectivity index (χ3n) is 3.23. The highest BCUT2D eigenvalue weighted by Crippen LogP contribution is 2.14. The highest BCUT2D eigenvalue weighted by Gasteiger charge is 2.13. The van der Waals surface area contributed by atoms with Crippen LogP contribution in [0.2, 0.25) is 0 Å². The van der Waals surface area contributed by atoms with Crippen LogP contribution in [0.3, 0.4) is 0 Å². The maximum atomic E-state index is 12.0. The Kier molecular flexibility index (Phi) is 4.87. The fourth-order valence-corrected chi connectivity index (χ4v) is 2.01. The van der Waals surface area contributed by atoms with Gasteiger partial charge in [-0.2, -0.15) is 5.10 Å². The van der Waals surface area contributed by atoms with E-state index in [1.165, 1.54) is 0 Å². The van der Waals surface area contributed by atoms with Crippen LogP contribution in [0.5, 0.6) is 0 Å². The molecular weight excluding hydrogens is 252 g/mol. The molecule has 2 aromatic rings. The molecule has 1 atom stereocenters. The van der Waals surface area contributed by atoms with Gasteiger partial charge in [0.2, 0.25) is 5.91 Å². The Hall–Kier alpha value is -2.17. The standard InChI is InChI=1S/C15H20N4O/c1-3-13(14-6-4-11(2)8-16-14)19-15(20)7-5-12-9-17-18-10-12/h4,6,8-10,13H,3,5,7H2,1-2H3,(H,17,18)(H,19,20). The molecule has 0 bridgehead atoms. The second-order valence-corrected chi connectivity index (χ2v) is 4.90. The van der Waals surface area contributed by atoms with E-state index < -0.39 is 0 Å². The van der Waals surface area contributed by atoms with Crippen molar-refractivity contribution in [1.29, 1.82) is 0 Å².